The van der Waals surface area contributed by atoms with Crippen LogP contribution in [0.15, 0.2) is 29.4 Å². The monoisotopic (exact) mass is 179 g/mol. The van der Waals surface area contributed by atoms with Crippen LogP contribution in [0.2, 0.25) is 0 Å². The lowest BCUT2D eigenvalue weighted by molar-refractivity contribution is 0.0688. The van der Waals surface area contributed by atoms with Crippen LogP contribution in [0.25, 0.3) is 0 Å². The summed E-state index contributed by atoms with van der Waals surface area (Å²) in [7, 11) is 0. The maximum absolute atomic E-state index is 10.7. The van der Waals surface area contributed by atoms with Crippen LogP contribution in [-0.4, -0.2) is 17.8 Å². The van der Waals surface area contributed by atoms with Gasteiger partial charge in [-0.1, -0.05) is 18.2 Å². The molecule has 1 aromatic carbocycles. The standard InChI is InChI=1S/C9H9NO3/c1-10-13-6-7-4-2-3-5-8(7)9(11)12/h2-5H,1,6H2,(H,11,12). The van der Waals surface area contributed by atoms with Gasteiger partial charge in [-0.3, -0.25) is 0 Å². The first-order valence-corrected chi connectivity index (χ1v) is 3.65. The average Bonchev–Trinajstić information content (AvgIpc) is 2.15. The molecule has 1 rings (SSSR count). The topological polar surface area (TPSA) is 58.9 Å². The van der Waals surface area contributed by atoms with Gasteiger partial charge in [-0.25, -0.2) is 4.79 Å². The lowest BCUT2D eigenvalue weighted by Crippen LogP contribution is -2.02. The highest BCUT2D eigenvalue weighted by Crippen LogP contribution is 2.09. The molecule has 4 heteroatoms. The van der Waals surface area contributed by atoms with Gasteiger partial charge in [0.2, 0.25) is 0 Å². The molecule has 0 fully saturated rings. The highest BCUT2D eigenvalue weighted by atomic mass is 16.6. The van der Waals surface area contributed by atoms with Gasteiger partial charge >= 0.3 is 5.97 Å². The third-order valence-corrected chi connectivity index (χ3v) is 1.56. The van der Waals surface area contributed by atoms with Gasteiger partial charge < -0.3 is 9.94 Å². The van der Waals surface area contributed by atoms with Crippen molar-refractivity contribution in [1.29, 1.82) is 0 Å². The van der Waals surface area contributed by atoms with E-state index in [-0.39, 0.29) is 12.2 Å². The van der Waals surface area contributed by atoms with Crippen LogP contribution >= 0.6 is 0 Å². The van der Waals surface area contributed by atoms with Gasteiger partial charge in [0.25, 0.3) is 0 Å². The van der Waals surface area contributed by atoms with E-state index in [2.05, 4.69) is 16.7 Å². The summed E-state index contributed by atoms with van der Waals surface area (Å²) in [6, 6.07) is 6.60. The van der Waals surface area contributed by atoms with Crippen LogP contribution in [0.5, 0.6) is 0 Å². The first-order chi connectivity index (χ1) is 6.25. The first kappa shape index (κ1) is 9.25. The van der Waals surface area contributed by atoms with Crippen molar-refractivity contribution in [2.45, 2.75) is 6.61 Å². The Morgan fingerprint density at radius 3 is 2.85 bits per heavy atom. The summed E-state index contributed by atoms with van der Waals surface area (Å²) in [5.41, 5.74) is 0.813. The summed E-state index contributed by atoms with van der Waals surface area (Å²) in [5, 5.41) is 12.0. The molecule has 0 radical (unpaired) electrons. The predicted molar refractivity (Wildman–Crippen MR) is 47.7 cm³/mol. The molecule has 1 N–H and O–H groups in total. The Hall–Kier alpha value is -1.84. The number of hydrogen-bond acceptors (Lipinski definition) is 3. The molecule has 0 aliphatic heterocycles. The Morgan fingerprint density at radius 1 is 1.54 bits per heavy atom. The molecule has 0 aliphatic carbocycles. The molecule has 0 unspecified atom stereocenters. The summed E-state index contributed by atoms with van der Waals surface area (Å²) in [4.78, 5) is 15.3. The lowest BCUT2D eigenvalue weighted by atomic mass is 10.1. The molecule has 4 nitrogen and oxygen atoms in total. The molecule has 0 aliphatic rings. The van der Waals surface area contributed by atoms with Gasteiger partial charge in [-0.05, 0) is 6.07 Å². The van der Waals surface area contributed by atoms with Gasteiger partial charge in [0.15, 0.2) is 0 Å². The molecule has 0 bridgehead atoms. The minimum absolute atomic E-state index is 0.131. The fourth-order valence-corrected chi connectivity index (χ4v) is 0.970. The van der Waals surface area contributed by atoms with E-state index in [1.165, 1.54) is 6.07 Å². The molecule has 13 heavy (non-hydrogen) atoms. The van der Waals surface area contributed by atoms with Crippen molar-refractivity contribution < 1.29 is 14.7 Å². The van der Waals surface area contributed by atoms with Crippen molar-refractivity contribution in [2.24, 2.45) is 5.16 Å². The van der Waals surface area contributed by atoms with E-state index in [0.717, 1.165) is 0 Å². The second kappa shape index (κ2) is 4.25. The molecule has 0 saturated heterocycles. The normalized spacial score (nSPS) is 9.23. The maximum atomic E-state index is 10.7. The van der Waals surface area contributed by atoms with E-state index in [0.29, 0.717) is 5.56 Å². The van der Waals surface area contributed by atoms with E-state index < -0.39 is 5.97 Å². The molecule has 0 saturated carbocycles. The number of carbonyl (C=O) groups is 1. The number of rotatable bonds is 4. The van der Waals surface area contributed by atoms with Crippen LogP contribution in [-0.2, 0) is 11.4 Å². The zero-order valence-electron chi connectivity index (χ0n) is 6.93. The van der Waals surface area contributed by atoms with Crippen LogP contribution in [0.4, 0.5) is 0 Å². The maximum Gasteiger partial charge on any atom is 0.336 e. The molecule has 0 atom stereocenters. The lowest BCUT2D eigenvalue weighted by Gasteiger charge is -2.03. The Kier molecular flexibility index (Phi) is 3.03. The minimum atomic E-state index is -0.969. The second-order valence-electron chi connectivity index (χ2n) is 2.36. The summed E-state index contributed by atoms with van der Waals surface area (Å²) < 4.78 is 0. The fraction of sp³-hybridized carbons (Fsp3) is 0.111. The minimum Gasteiger partial charge on any atom is -0.478 e. The van der Waals surface area contributed by atoms with Crippen molar-refractivity contribution in [2.75, 3.05) is 0 Å². The number of aromatic carboxylic acids is 1. The van der Waals surface area contributed by atoms with E-state index >= 15 is 0 Å². The summed E-state index contributed by atoms with van der Waals surface area (Å²) in [6.45, 7) is 3.26. The van der Waals surface area contributed by atoms with Gasteiger partial charge in [-0.2, -0.15) is 0 Å². The zero-order valence-corrected chi connectivity index (χ0v) is 6.93. The largest absolute Gasteiger partial charge is 0.478 e. The molecular weight excluding hydrogens is 170 g/mol. The van der Waals surface area contributed by atoms with E-state index in [1.807, 2.05) is 0 Å². The Morgan fingerprint density at radius 2 is 2.23 bits per heavy atom. The predicted octanol–water partition coefficient (Wildman–Crippen LogP) is 1.52. The van der Waals surface area contributed by atoms with E-state index in [4.69, 9.17) is 5.11 Å². The van der Waals surface area contributed by atoms with Crippen molar-refractivity contribution >= 4 is 12.7 Å². The Bertz CT molecular complexity index is 322. The second-order valence-corrected chi connectivity index (χ2v) is 2.36. The van der Waals surface area contributed by atoms with Crippen molar-refractivity contribution in [1.82, 2.24) is 0 Å². The van der Waals surface area contributed by atoms with Crippen molar-refractivity contribution in [3.8, 4) is 0 Å². The van der Waals surface area contributed by atoms with Gasteiger partial charge in [0.05, 0.1) is 5.56 Å². The number of hydrogen-bond donors (Lipinski definition) is 1. The molecule has 0 amide bonds. The average molecular weight is 179 g/mol. The van der Waals surface area contributed by atoms with Crippen LogP contribution in [0.3, 0.4) is 0 Å². The van der Waals surface area contributed by atoms with Crippen LogP contribution < -0.4 is 0 Å². The smallest absolute Gasteiger partial charge is 0.336 e. The van der Waals surface area contributed by atoms with Crippen molar-refractivity contribution in [3.05, 3.63) is 35.4 Å². The third kappa shape index (κ3) is 2.30. The highest BCUT2D eigenvalue weighted by molar-refractivity contribution is 5.89. The molecule has 0 spiro atoms. The number of benzene rings is 1. The SMILES string of the molecule is C=NOCc1ccccc1C(=O)O. The van der Waals surface area contributed by atoms with E-state index in [1.54, 1.807) is 18.2 Å². The molecule has 1 aromatic rings. The van der Waals surface area contributed by atoms with Gasteiger partial charge in [0.1, 0.15) is 6.61 Å². The Balaban J connectivity index is 2.90. The number of oxime groups is 1. The first-order valence-electron chi connectivity index (χ1n) is 3.65. The van der Waals surface area contributed by atoms with Crippen molar-refractivity contribution in [3.63, 3.8) is 0 Å². The van der Waals surface area contributed by atoms with E-state index in [9.17, 15) is 4.79 Å². The third-order valence-electron chi connectivity index (χ3n) is 1.56. The quantitative estimate of drug-likeness (QED) is 0.563. The molecule has 68 valence electrons. The summed E-state index contributed by atoms with van der Waals surface area (Å²) >= 11 is 0. The number of nitrogens with zero attached hydrogens (tertiary/aromatic N) is 1. The summed E-state index contributed by atoms with van der Waals surface area (Å²) in [5.74, 6) is -0.969. The molecular formula is C9H9NO3. The van der Waals surface area contributed by atoms with Gasteiger partial charge in [0, 0.05) is 12.3 Å². The van der Waals surface area contributed by atoms with Gasteiger partial charge in [-0.15, -0.1) is 5.16 Å². The summed E-state index contributed by atoms with van der Waals surface area (Å²) in [6.07, 6.45) is 0. The molecule has 0 heterocycles. The van der Waals surface area contributed by atoms with Crippen LogP contribution in [0.1, 0.15) is 15.9 Å². The molecule has 0 aromatic heterocycles. The zero-order chi connectivity index (χ0) is 9.68. The number of carboxylic acid groups (broad SMARTS) is 1. The Labute approximate surface area is 75.4 Å². The fourth-order valence-electron chi connectivity index (χ4n) is 0.970. The number of carboxylic acids is 1. The highest BCUT2D eigenvalue weighted by Gasteiger charge is 2.08. The van der Waals surface area contributed by atoms with Crippen LogP contribution in [0, 0.1) is 0 Å².